The number of carbonyl (C=O) groups is 1. The molecule has 9 nitrogen and oxygen atoms in total. The van der Waals surface area contributed by atoms with Crippen LogP contribution in [0.4, 0.5) is 24.7 Å². The van der Waals surface area contributed by atoms with Crippen molar-refractivity contribution in [2.45, 2.75) is 18.6 Å². The Hall–Kier alpha value is -5.00. The number of furan rings is 1. The Labute approximate surface area is 219 Å². The van der Waals surface area contributed by atoms with Crippen molar-refractivity contribution in [1.82, 2.24) is 14.5 Å². The largest absolute Gasteiger partial charge is 0.440 e. The average Bonchev–Trinajstić information content (AvgIpc) is 3.51. The van der Waals surface area contributed by atoms with E-state index in [1.54, 1.807) is 54.3 Å². The standard InChI is InChI=1S/C27H20F3N5O4/c1-33-23(17-5-8-21(9-6-17)35(37)38)15-32-26(33)22(14-20-4-2-3-11-31-20)34(16-36)25-13-18-12-19(27(28,29)30)7-10-24(18)39-25/h2-13,15-16,22H,14H2,1H3/t22-/m0/s1. The molecule has 0 saturated heterocycles. The number of fused-ring (bicyclic) bond motifs is 1. The minimum Gasteiger partial charge on any atom is -0.440 e. The first-order valence-corrected chi connectivity index (χ1v) is 11.7. The molecule has 0 saturated carbocycles. The molecule has 0 aliphatic rings. The van der Waals surface area contributed by atoms with E-state index in [0.29, 0.717) is 29.2 Å². The number of nitro benzene ring substituents is 1. The third kappa shape index (κ3) is 5.08. The Morgan fingerprint density at radius 1 is 1.10 bits per heavy atom. The number of halogens is 3. The summed E-state index contributed by atoms with van der Waals surface area (Å²) in [4.78, 5) is 33.2. The zero-order chi connectivity index (χ0) is 27.7. The van der Waals surface area contributed by atoms with Gasteiger partial charge in [0.25, 0.3) is 5.69 Å². The molecule has 12 heteroatoms. The van der Waals surface area contributed by atoms with Gasteiger partial charge in [0.1, 0.15) is 17.4 Å². The van der Waals surface area contributed by atoms with Crippen molar-refractivity contribution < 1.29 is 27.3 Å². The lowest BCUT2D eigenvalue weighted by molar-refractivity contribution is -0.384. The van der Waals surface area contributed by atoms with Crippen LogP contribution in [0.5, 0.6) is 0 Å². The topological polar surface area (TPSA) is 107 Å². The number of nitrogens with zero attached hydrogens (tertiary/aromatic N) is 5. The maximum absolute atomic E-state index is 13.2. The van der Waals surface area contributed by atoms with Gasteiger partial charge >= 0.3 is 6.18 Å². The second-order valence-corrected chi connectivity index (χ2v) is 8.75. The highest BCUT2D eigenvalue weighted by molar-refractivity contribution is 5.85. The summed E-state index contributed by atoms with van der Waals surface area (Å²) in [6.07, 6.45) is -0.582. The molecule has 39 heavy (non-hydrogen) atoms. The van der Waals surface area contributed by atoms with Crippen LogP contribution >= 0.6 is 0 Å². The van der Waals surface area contributed by atoms with Gasteiger partial charge in [-0.3, -0.25) is 24.8 Å². The minimum atomic E-state index is -4.53. The number of hydrogen-bond donors (Lipinski definition) is 0. The van der Waals surface area contributed by atoms with Gasteiger partial charge in [0.2, 0.25) is 12.3 Å². The molecule has 0 radical (unpaired) electrons. The molecular formula is C27H20F3N5O4. The summed E-state index contributed by atoms with van der Waals surface area (Å²) in [5.74, 6) is 0.484. The molecule has 5 aromatic rings. The monoisotopic (exact) mass is 535 g/mol. The molecule has 0 aliphatic carbocycles. The van der Waals surface area contributed by atoms with Crippen LogP contribution in [-0.4, -0.2) is 25.9 Å². The van der Waals surface area contributed by atoms with E-state index in [-0.39, 0.29) is 29.0 Å². The average molecular weight is 535 g/mol. The maximum atomic E-state index is 13.2. The van der Waals surface area contributed by atoms with Crippen LogP contribution in [0.15, 0.2) is 83.5 Å². The Morgan fingerprint density at radius 2 is 1.87 bits per heavy atom. The van der Waals surface area contributed by atoms with Gasteiger partial charge in [-0.25, -0.2) is 4.98 Å². The molecule has 0 bridgehead atoms. The highest BCUT2D eigenvalue weighted by Crippen LogP contribution is 2.37. The molecule has 1 atom stereocenters. The fourth-order valence-corrected chi connectivity index (χ4v) is 4.40. The van der Waals surface area contributed by atoms with E-state index in [2.05, 4.69) is 9.97 Å². The van der Waals surface area contributed by atoms with E-state index >= 15 is 0 Å². The quantitative estimate of drug-likeness (QED) is 0.135. The van der Waals surface area contributed by atoms with Gasteiger partial charge in [0.15, 0.2) is 0 Å². The van der Waals surface area contributed by atoms with Crippen LogP contribution in [-0.2, 0) is 24.4 Å². The number of rotatable bonds is 8. The van der Waals surface area contributed by atoms with Gasteiger partial charge < -0.3 is 8.98 Å². The molecule has 3 aromatic heterocycles. The zero-order valence-electron chi connectivity index (χ0n) is 20.4. The third-order valence-corrected chi connectivity index (χ3v) is 6.36. The Bertz CT molecular complexity index is 1650. The number of hydrogen-bond acceptors (Lipinski definition) is 6. The predicted octanol–water partition coefficient (Wildman–Crippen LogP) is 6.10. The minimum absolute atomic E-state index is 0.0418. The van der Waals surface area contributed by atoms with Crippen molar-refractivity contribution in [3.8, 4) is 11.3 Å². The van der Waals surface area contributed by atoms with Crippen LogP contribution in [0.2, 0.25) is 0 Å². The molecule has 0 N–H and O–H groups in total. The lowest BCUT2D eigenvalue weighted by Crippen LogP contribution is -2.31. The predicted molar refractivity (Wildman–Crippen MR) is 136 cm³/mol. The highest BCUT2D eigenvalue weighted by Gasteiger charge is 2.32. The third-order valence-electron chi connectivity index (χ3n) is 6.36. The first-order chi connectivity index (χ1) is 18.7. The number of pyridine rings is 1. The summed E-state index contributed by atoms with van der Waals surface area (Å²) in [5, 5.41) is 11.2. The second-order valence-electron chi connectivity index (χ2n) is 8.75. The molecule has 0 spiro atoms. The van der Waals surface area contributed by atoms with Gasteiger partial charge in [-0.05, 0) is 42.5 Å². The van der Waals surface area contributed by atoms with Gasteiger partial charge in [-0.1, -0.05) is 6.07 Å². The molecule has 2 aromatic carbocycles. The molecular weight excluding hydrogens is 515 g/mol. The summed E-state index contributed by atoms with van der Waals surface area (Å²) in [6.45, 7) is 0. The fraction of sp³-hybridized carbons (Fsp3) is 0.148. The van der Waals surface area contributed by atoms with Crippen molar-refractivity contribution in [1.29, 1.82) is 0 Å². The Kier molecular flexibility index (Phi) is 6.60. The van der Waals surface area contributed by atoms with E-state index in [1.807, 2.05) is 0 Å². The summed E-state index contributed by atoms with van der Waals surface area (Å²) in [5.41, 5.74) is 1.25. The molecule has 0 fully saturated rings. The Morgan fingerprint density at radius 3 is 2.51 bits per heavy atom. The first kappa shape index (κ1) is 25.6. The number of aromatic nitrogens is 3. The summed E-state index contributed by atoms with van der Waals surface area (Å²) in [7, 11) is 1.74. The van der Waals surface area contributed by atoms with Crippen LogP contribution in [0.25, 0.3) is 22.2 Å². The van der Waals surface area contributed by atoms with Crippen molar-refractivity contribution in [3.05, 3.63) is 106 Å². The number of imidazole rings is 1. The normalized spacial score (nSPS) is 12.4. The van der Waals surface area contributed by atoms with Crippen molar-refractivity contribution in [2.24, 2.45) is 7.05 Å². The summed E-state index contributed by atoms with van der Waals surface area (Å²) in [6, 6.07) is 15.0. The van der Waals surface area contributed by atoms with Crippen molar-refractivity contribution in [3.63, 3.8) is 0 Å². The van der Waals surface area contributed by atoms with E-state index < -0.39 is 22.7 Å². The van der Waals surface area contributed by atoms with E-state index in [4.69, 9.17) is 4.42 Å². The fourth-order valence-electron chi connectivity index (χ4n) is 4.40. The number of amides is 1. The summed E-state index contributed by atoms with van der Waals surface area (Å²) >= 11 is 0. The van der Waals surface area contributed by atoms with Crippen LogP contribution in [0.1, 0.15) is 23.1 Å². The van der Waals surface area contributed by atoms with Crippen molar-refractivity contribution >= 4 is 29.0 Å². The molecule has 3 heterocycles. The Balaban J connectivity index is 1.58. The number of alkyl halides is 3. The first-order valence-electron chi connectivity index (χ1n) is 11.7. The highest BCUT2D eigenvalue weighted by atomic mass is 19.4. The lowest BCUT2D eigenvalue weighted by atomic mass is 10.1. The van der Waals surface area contributed by atoms with E-state index in [1.165, 1.54) is 29.2 Å². The number of non-ortho nitro benzene ring substituents is 1. The smallest absolute Gasteiger partial charge is 0.416 e. The molecule has 198 valence electrons. The number of benzene rings is 2. The number of carbonyl (C=O) groups excluding carboxylic acids is 1. The van der Waals surface area contributed by atoms with E-state index in [0.717, 1.165) is 12.1 Å². The SMILES string of the molecule is Cn1c(-c2ccc([N+](=O)[O-])cc2)cnc1[C@H](Cc1ccccn1)N(C=O)c1cc2cc(C(F)(F)F)ccc2o1. The molecule has 5 rings (SSSR count). The van der Waals surface area contributed by atoms with Gasteiger partial charge in [0.05, 0.1) is 22.4 Å². The number of nitro groups is 1. The number of anilines is 1. The second kappa shape index (κ2) is 10.0. The van der Waals surface area contributed by atoms with Gasteiger partial charge in [0, 0.05) is 54.5 Å². The van der Waals surface area contributed by atoms with Crippen LogP contribution < -0.4 is 4.90 Å². The summed E-state index contributed by atoms with van der Waals surface area (Å²) < 4.78 is 47.3. The lowest BCUT2D eigenvalue weighted by Gasteiger charge is -2.26. The van der Waals surface area contributed by atoms with Gasteiger partial charge in [-0.2, -0.15) is 13.2 Å². The maximum Gasteiger partial charge on any atom is 0.416 e. The zero-order valence-corrected chi connectivity index (χ0v) is 20.4. The molecule has 1 amide bonds. The van der Waals surface area contributed by atoms with Crippen LogP contribution in [0, 0.1) is 10.1 Å². The molecule has 0 unspecified atom stereocenters. The van der Waals surface area contributed by atoms with E-state index in [9.17, 15) is 28.1 Å². The van der Waals surface area contributed by atoms with Crippen LogP contribution in [0.3, 0.4) is 0 Å². The van der Waals surface area contributed by atoms with Gasteiger partial charge in [-0.15, -0.1) is 0 Å². The molecule has 0 aliphatic heterocycles. The van der Waals surface area contributed by atoms with Crippen molar-refractivity contribution in [2.75, 3.05) is 4.90 Å².